The Bertz CT molecular complexity index is 510. The number of halogens is 2. The third-order valence-electron chi connectivity index (χ3n) is 2.49. The summed E-state index contributed by atoms with van der Waals surface area (Å²) in [6.07, 6.45) is 3.36. The van der Waals surface area contributed by atoms with E-state index in [-0.39, 0.29) is 19.0 Å². The van der Waals surface area contributed by atoms with Crippen LogP contribution in [-0.4, -0.2) is 21.5 Å². The average Bonchev–Trinajstić information content (AvgIpc) is 2.77. The van der Waals surface area contributed by atoms with Crippen LogP contribution in [0.3, 0.4) is 0 Å². The van der Waals surface area contributed by atoms with Gasteiger partial charge in [-0.2, -0.15) is 5.10 Å². The third kappa shape index (κ3) is 3.00. The van der Waals surface area contributed by atoms with Gasteiger partial charge >= 0.3 is 0 Å². The summed E-state index contributed by atoms with van der Waals surface area (Å²) in [7, 11) is 0. The molecule has 4 nitrogen and oxygen atoms in total. The van der Waals surface area contributed by atoms with Gasteiger partial charge in [0.1, 0.15) is 5.82 Å². The number of nitrogens with one attached hydrogen (secondary N) is 1. The SMILES string of the molecule is OCCn1cc(NCc2c(F)cccc2Cl)cn1. The topological polar surface area (TPSA) is 50.1 Å². The quantitative estimate of drug-likeness (QED) is 0.876. The predicted octanol–water partition coefficient (Wildman–Crippen LogP) is 2.28. The van der Waals surface area contributed by atoms with E-state index >= 15 is 0 Å². The van der Waals surface area contributed by atoms with Crippen LogP contribution in [0.1, 0.15) is 5.56 Å². The number of aromatic nitrogens is 2. The van der Waals surface area contributed by atoms with Crippen LogP contribution in [0.2, 0.25) is 5.02 Å². The second kappa shape index (κ2) is 5.84. The summed E-state index contributed by atoms with van der Waals surface area (Å²) in [4.78, 5) is 0. The first-order chi connectivity index (χ1) is 8.70. The summed E-state index contributed by atoms with van der Waals surface area (Å²) in [5, 5.41) is 16.2. The highest BCUT2D eigenvalue weighted by Crippen LogP contribution is 2.20. The van der Waals surface area contributed by atoms with E-state index in [9.17, 15) is 4.39 Å². The molecule has 2 rings (SSSR count). The Balaban J connectivity index is 2.02. The molecular weight excluding hydrogens is 257 g/mol. The van der Waals surface area contributed by atoms with Gasteiger partial charge in [-0.3, -0.25) is 4.68 Å². The van der Waals surface area contributed by atoms with Gasteiger partial charge in [-0.25, -0.2) is 4.39 Å². The van der Waals surface area contributed by atoms with Crippen molar-refractivity contribution in [3.8, 4) is 0 Å². The van der Waals surface area contributed by atoms with Crippen LogP contribution in [0.25, 0.3) is 0 Å². The van der Waals surface area contributed by atoms with Gasteiger partial charge in [0.15, 0.2) is 0 Å². The van der Waals surface area contributed by atoms with Gasteiger partial charge in [-0.05, 0) is 12.1 Å². The maximum Gasteiger partial charge on any atom is 0.129 e. The van der Waals surface area contributed by atoms with Gasteiger partial charge in [0.25, 0.3) is 0 Å². The Morgan fingerprint density at radius 1 is 1.44 bits per heavy atom. The number of benzene rings is 1. The minimum Gasteiger partial charge on any atom is -0.394 e. The lowest BCUT2D eigenvalue weighted by Crippen LogP contribution is -2.03. The molecule has 1 aromatic carbocycles. The van der Waals surface area contributed by atoms with Crippen molar-refractivity contribution in [1.82, 2.24) is 9.78 Å². The number of aliphatic hydroxyl groups excluding tert-OH is 1. The Kier molecular flexibility index (Phi) is 4.17. The average molecular weight is 270 g/mol. The first-order valence-electron chi connectivity index (χ1n) is 5.51. The fraction of sp³-hybridized carbons (Fsp3) is 0.250. The molecule has 0 unspecified atom stereocenters. The van der Waals surface area contributed by atoms with Gasteiger partial charge in [0.2, 0.25) is 0 Å². The maximum absolute atomic E-state index is 13.5. The molecule has 2 aromatic rings. The molecule has 6 heteroatoms. The molecule has 1 aromatic heterocycles. The van der Waals surface area contributed by atoms with Gasteiger partial charge in [0.05, 0.1) is 25.0 Å². The molecule has 0 saturated heterocycles. The molecule has 0 radical (unpaired) electrons. The van der Waals surface area contributed by atoms with Gasteiger partial charge < -0.3 is 10.4 Å². The minimum absolute atomic E-state index is 0.0280. The van der Waals surface area contributed by atoms with Crippen molar-refractivity contribution in [1.29, 1.82) is 0 Å². The smallest absolute Gasteiger partial charge is 0.129 e. The molecule has 0 aliphatic rings. The normalized spacial score (nSPS) is 10.6. The Morgan fingerprint density at radius 3 is 3.00 bits per heavy atom. The molecule has 0 aliphatic carbocycles. The van der Waals surface area contributed by atoms with Gasteiger partial charge in [-0.1, -0.05) is 17.7 Å². The largest absolute Gasteiger partial charge is 0.394 e. The number of hydrogen-bond acceptors (Lipinski definition) is 3. The van der Waals surface area contributed by atoms with Gasteiger partial charge in [0, 0.05) is 23.3 Å². The molecule has 0 atom stereocenters. The number of hydrogen-bond donors (Lipinski definition) is 2. The predicted molar refractivity (Wildman–Crippen MR) is 68.0 cm³/mol. The van der Waals surface area contributed by atoms with Crippen molar-refractivity contribution in [2.24, 2.45) is 0 Å². The monoisotopic (exact) mass is 269 g/mol. The Hall–Kier alpha value is -1.59. The molecule has 0 aliphatic heterocycles. The molecule has 0 saturated carbocycles. The van der Waals surface area contributed by atoms with Crippen LogP contribution in [-0.2, 0) is 13.1 Å². The molecule has 0 spiro atoms. The zero-order valence-corrected chi connectivity index (χ0v) is 10.4. The van der Waals surface area contributed by atoms with E-state index in [0.717, 1.165) is 5.69 Å². The van der Waals surface area contributed by atoms with Crippen molar-refractivity contribution >= 4 is 17.3 Å². The summed E-state index contributed by atoms with van der Waals surface area (Å²) in [5.74, 6) is -0.335. The highest BCUT2D eigenvalue weighted by molar-refractivity contribution is 6.31. The summed E-state index contributed by atoms with van der Waals surface area (Å²) in [6, 6.07) is 4.59. The second-order valence-corrected chi connectivity index (χ2v) is 4.18. The van der Waals surface area contributed by atoms with Crippen LogP contribution in [0.15, 0.2) is 30.6 Å². The molecule has 96 valence electrons. The standard InChI is InChI=1S/C12H13ClFN3O/c13-11-2-1-3-12(14)10(11)7-15-9-6-16-17(8-9)4-5-18/h1-3,6,8,15,18H,4-5,7H2. The minimum atomic E-state index is -0.335. The van der Waals surface area contributed by atoms with Crippen LogP contribution in [0, 0.1) is 5.82 Å². The summed E-state index contributed by atoms with van der Waals surface area (Å²) < 4.78 is 15.1. The third-order valence-corrected chi connectivity index (χ3v) is 2.85. The highest BCUT2D eigenvalue weighted by Gasteiger charge is 2.06. The van der Waals surface area contributed by atoms with Crippen LogP contribution >= 0.6 is 11.6 Å². The van der Waals surface area contributed by atoms with E-state index in [2.05, 4.69) is 10.4 Å². The number of rotatable bonds is 5. The highest BCUT2D eigenvalue weighted by atomic mass is 35.5. The summed E-state index contributed by atoms with van der Waals surface area (Å²) in [6.45, 7) is 0.749. The number of aliphatic hydroxyl groups is 1. The van der Waals surface area contributed by atoms with Crippen LogP contribution in [0.5, 0.6) is 0 Å². The zero-order valence-electron chi connectivity index (χ0n) is 9.61. The molecule has 2 N–H and O–H groups in total. The van der Waals surface area contributed by atoms with E-state index in [0.29, 0.717) is 17.1 Å². The van der Waals surface area contributed by atoms with E-state index in [1.54, 1.807) is 29.2 Å². The molecule has 0 amide bonds. The van der Waals surface area contributed by atoms with E-state index in [1.165, 1.54) is 6.07 Å². The second-order valence-electron chi connectivity index (χ2n) is 3.77. The summed E-state index contributed by atoms with van der Waals surface area (Å²) >= 11 is 5.92. The van der Waals surface area contributed by atoms with Crippen molar-refractivity contribution in [2.75, 3.05) is 11.9 Å². The molecule has 0 bridgehead atoms. The lowest BCUT2D eigenvalue weighted by atomic mass is 10.2. The van der Waals surface area contributed by atoms with Crippen molar-refractivity contribution in [3.63, 3.8) is 0 Å². The lowest BCUT2D eigenvalue weighted by Gasteiger charge is -2.06. The molecule has 1 heterocycles. The van der Waals surface area contributed by atoms with Crippen molar-refractivity contribution in [2.45, 2.75) is 13.1 Å². The van der Waals surface area contributed by atoms with Crippen LogP contribution < -0.4 is 5.32 Å². The maximum atomic E-state index is 13.5. The number of anilines is 1. The van der Waals surface area contributed by atoms with Crippen molar-refractivity contribution in [3.05, 3.63) is 47.0 Å². The summed E-state index contributed by atoms with van der Waals surface area (Å²) in [5.41, 5.74) is 1.18. The Morgan fingerprint density at radius 2 is 2.28 bits per heavy atom. The van der Waals surface area contributed by atoms with Crippen molar-refractivity contribution < 1.29 is 9.50 Å². The zero-order chi connectivity index (χ0) is 13.0. The van der Waals surface area contributed by atoms with Gasteiger partial charge in [-0.15, -0.1) is 0 Å². The van der Waals surface area contributed by atoms with E-state index in [4.69, 9.17) is 16.7 Å². The first-order valence-corrected chi connectivity index (χ1v) is 5.88. The Labute approximate surface area is 109 Å². The molecule has 18 heavy (non-hydrogen) atoms. The lowest BCUT2D eigenvalue weighted by molar-refractivity contribution is 0.269. The van der Waals surface area contributed by atoms with Crippen LogP contribution in [0.4, 0.5) is 10.1 Å². The number of nitrogens with zero attached hydrogens (tertiary/aromatic N) is 2. The van der Waals surface area contributed by atoms with E-state index < -0.39 is 0 Å². The molecule has 0 fully saturated rings. The first kappa shape index (κ1) is 12.9. The fourth-order valence-corrected chi connectivity index (χ4v) is 1.80. The molecular formula is C12H13ClFN3O. The van der Waals surface area contributed by atoms with E-state index in [1.807, 2.05) is 0 Å². The fourth-order valence-electron chi connectivity index (χ4n) is 1.57.